The summed E-state index contributed by atoms with van der Waals surface area (Å²) in [6.45, 7) is 6.75. The monoisotopic (exact) mass is 389 g/mol. The van der Waals surface area contributed by atoms with Crippen molar-refractivity contribution in [1.82, 2.24) is 10.2 Å². The van der Waals surface area contributed by atoms with E-state index in [0.29, 0.717) is 48.2 Å². The number of aryl methyl sites for hydroxylation is 2. The second-order valence-electron chi connectivity index (χ2n) is 6.68. The van der Waals surface area contributed by atoms with Crippen LogP contribution in [0.3, 0.4) is 0 Å². The summed E-state index contributed by atoms with van der Waals surface area (Å²) >= 11 is 6.05. The van der Waals surface area contributed by atoms with Gasteiger partial charge in [0.1, 0.15) is 11.5 Å². The van der Waals surface area contributed by atoms with E-state index in [-0.39, 0.29) is 11.8 Å². The molecule has 1 saturated heterocycles. The fraction of sp³-hybridized carbons (Fsp3) is 0.400. The second kappa shape index (κ2) is 8.48. The molecule has 1 aliphatic heterocycles. The van der Waals surface area contributed by atoms with Gasteiger partial charge in [0.25, 0.3) is 5.91 Å². The Morgan fingerprint density at radius 1 is 1.15 bits per heavy atom. The molecule has 27 heavy (non-hydrogen) atoms. The van der Waals surface area contributed by atoms with Gasteiger partial charge < -0.3 is 19.5 Å². The van der Waals surface area contributed by atoms with Crippen LogP contribution in [0.15, 0.2) is 34.7 Å². The van der Waals surface area contributed by atoms with E-state index in [9.17, 15) is 9.59 Å². The van der Waals surface area contributed by atoms with Crippen molar-refractivity contribution < 1.29 is 14.0 Å². The number of furan rings is 1. The molecule has 0 saturated carbocycles. The molecule has 0 aliphatic carbocycles. The zero-order valence-electron chi connectivity index (χ0n) is 15.6. The zero-order chi connectivity index (χ0) is 19.4. The molecule has 7 heteroatoms. The molecule has 144 valence electrons. The molecule has 1 N–H and O–H groups in total. The van der Waals surface area contributed by atoms with Crippen LogP contribution >= 0.6 is 11.6 Å². The summed E-state index contributed by atoms with van der Waals surface area (Å²) in [6, 6.07) is 9.46. The van der Waals surface area contributed by atoms with E-state index in [4.69, 9.17) is 16.0 Å². The van der Waals surface area contributed by atoms with E-state index >= 15 is 0 Å². The van der Waals surface area contributed by atoms with E-state index in [0.717, 1.165) is 18.8 Å². The van der Waals surface area contributed by atoms with Gasteiger partial charge in [-0.1, -0.05) is 17.7 Å². The second-order valence-corrected chi connectivity index (χ2v) is 7.12. The number of anilines is 1. The first kappa shape index (κ1) is 19.3. The van der Waals surface area contributed by atoms with Crippen molar-refractivity contribution in [3.05, 3.63) is 52.4 Å². The first-order chi connectivity index (χ1) is 12.9. The van der Waals surface area contributed by atoms with Crippen LogP contribution in [0.1, 0.15) is 28.3 Å². The lowest BCUT2D eigenvalue weighted by atomic mass is 10.2. The van der Waals surface area contributed by atoms with Gasteiger partial charge in [0, 0.05) is 49.9 Å². The first-order valence-corrected chi connectivity index (χ1v) is 9.45. The molecule has 1 aromatic heterocycles. The number of hydrogen-bond acceptors (Lipinski definition) is 4. The van der Waals surface area contributed by atoms with Gasteiger partial charge in [-0.05, 0) is 38.1 Å². The minimum Gasteiger partial charge on any atom is -0.466 e. The fourth-order valence-electron chi connectivity index (χ4n) is 3.28. The van der Waals surface area contributed by atoms with Crippen LogP contribution in [0.4, 0.5) is 5.69 Å². The van der Waals surface area contributed by atoms with Crippen molar-refractivity contribution in [2.45, 2.75) is 20.3 Å². The first-order valence-electron chi connectivity index (χ1n) is 9.07. The molecule has 0 bridgehead atoms. The molecule has 1 aromatic carbocycles. The van der Waals surface area contributed by atoms with E-state index < -0.39 is 0 Å². The van der Waals surface area contributed by atoms with Crippen molar-refractivity contribution >= 4 is 29.1 Å². The molecule has 0 unspecified atom stereocenters. The molecule has 0 spiro atoms. The van der Waals surface area contributed by atoms with Crippen LogP contribution in [0, 0.1) is 13.8 Å². The number of piperazine rings is 1. The summed E-state index contributed by atoms with van der Waals surface area (Å²) in [6.07, 6.45) is 0.290. The van der Waals surface area contributed by atoms with Gasteiger partial charge in [0.2, 0.25) is 5.91 Å². The van der Waals surface area contributed by atoms with E-state index in [1.54, 1.807) is 19.9 Å². The third-order valence-corrected chi connectivity index (χ3v) is 4.95. The average Bonchev–Trinajstić information content (AvgIpc) is 3.00. The summed E-state index contributed by atoms with van der Waals surface area (Å²) in [4.78, 5) is 28.6. The zero-order valence-corrected chi connectivity index (χ0v) is 16.4. The predicted octanol–water partition coefficient (Wildman–Crippen LogP) is 3.02. The molecule has 3 rings (SSSR count). The number of carbonyl (C=O) groups excluding carboxylic acids is 2. The Kier molecular flexibility index (Phi) is 6.06. The van der Waals surface area contributed by atoms with Gasteiger partial charge in [0.15, 0.2) is 0 Å². The standard InChI is InChI=1S/C20H24ClN3O3/c1-14-12-18(15(2)27-14)20(26)22-7-6-19(25)24-10-8-23(9-11-24)17-5-3-4-16(21)13-17/h3-5,12-13H,6-11H2,1-2H3,(H,22,26). The highest BCUT2D eigenvalue weighted by Crippen LogP contribution is 2.21. The highest BCUT2D eigenvalue weighted by molar-refractivity contribution is 6.30. The third kappa shape index (κ3) is 4.83. The summed E-state index contributed by atoms with van der Waals surface area (Å²) in [5, 5.41) is 3.51. The van der Waals surface area contributed by atoms with Crippen LogP contribution in [0.5, 0.6) is 0 Å². The Morgan fingerprint density at radius 2 is 1.89 bits per heavy atom. The maximum Gasteiger partial charge on any atom is 0.254 e. The van der Waals surface area contributed by atoms with Crippen molar-refractivity contribution in [1.29, 1.82) is 0 Å². The van der Waals surface area contributed by atoms with Crippen LogP contribution in [-0.2, 0) is 4.79 Å². The Bertz CT molecular complexity index is 826. The van der Waals surface area contributed by atoms with Crippen molar-refractivity contribution in [2.75, 3.05) is 37.6 Å². The quantitative estimate of drug-likeness (QED) is 0.853. The lowest BCUT2D eigenvalue weighted by Gasteiger charge is -2.36. The molecule has 2 heterocycles. The van der Waals surface area contributed by atoms with E-state index in [2.05, 4.69) is 10.2 Å². The van der Waals surface area contributed by atoms with Crippen LogP contribution in [0.25, 0.3) is 0 Å². The molecule has 1 fully saturated rings. The van der Waals surface area contributed by atoms with Gasteiger partial charge in [-0.25, -0.2) is 0 Å². The number of rotatable bonds is 5. The number of carbonyl (C=O) groups is 2. The number of nitrogens with one attached hydrogen (secondary N) is 1. The van der Waals surface area contributed by atoms with Crippen molar-refractivity contribution in [3.8, 4) is 0 Å². The summed E-state index contributed by atoms with van der Waals surface area (Å²) in [5.74, 6) is 1.14. The lowest BCUT2D eigenvalue weighted by molar-refractivity contribution is -0.131. The predicted molar refractivity (Wildman–Crippen MR) is 105 cm³/mol. The molecule has 2 amide bonds. The summed E-state index contributed by atoms with van der Waals surface area (Å²) in [7, 11) is 0. The number of benzene rings is 1. The maximum absolute atomic E-state index is 12.4. The van der Waals surface area contributed by atoms with Gasteiger partial charge in [-0.2, -0.15) is 0 Å². The molecular formula is C20H24ClN3O3. The molecule has 2 aromatic rings. The number of hydrogen-bond donors (Lipinski definition) is 1. The topological polar surface area (TPSA) is 65.8 Å². The van der Waals surface area contributed by atoms with E-state index in [1.165, 1.54) is 0 Å². The van der Waals surface area contributed by atoms with Gasteiger partial charge >= 0.3 is 0 Å². The van der Waals surface area contributed by atoms with Gasteiger partial charge in [-0.3, -0.25) is 9.59 Å². The van der Waals surface area contributed by atoms with Crippen LogP contribution in [0.2, 0.25) is 5.02 Å². The van der Waals surface area contributed by atoms with Gasteiger partial charge in [-0.15, -0.1) is 0 Å². The Hall–Kier alpha value is -2.47. The molecular weight excluding hydrogens is 366 g/mol. The minimum atomic E-state index is -0.206. The third-order valence-electron chi connectivity index (χ3n) is 4.72. The van der Waals surface area contributed by atoms with E-state index in [1.807, 2.05) is 29.2 Å². The fourth-order valence-corrected chi connectivity index (χ4v) is 3.46. The summed E-state index contributed by atoms with van der Waals surface area (Å²) in [5.41, 5.74) is 1.60. The average molecular weight is 390 g/mol. The van der Waals surface area contributed by atoms with Crippen molar-refractivity contribution in [2.24, 2.45) is 0 Å². The largest absolute Gasteiger partial charge is 0.466 e. The van der Waals surface area contributed by atoms with Crippen LogP contribution < -0.4 is 10.2 Å². The minimum absolute atomic E-state index is 0.0566. The normalized spacial score (nSPS) is 14.3. The maximum atomic E-state index is 12.4. The smallest absolute Gasteiger partial charge is 0.254 e. The van der Waals surface area contributed by atoms with Gasteiger partial charge in [0.05, 0.1) is 5.56 Å². The van der Waals surface area contributed by atoms with Crippen molar-refractivity contribution in [3.63, 3.8) is 0 Å². The molecule has 6 nitrogen and oxygen atoms in total. The summed E-state index contributed by atoms with van der Waals surface area (Å²) < 4.78 is 5.36. The lowest BCUT2D eigenvalue weighted by Crippen LogP contribution is -2.49. The molecule has 1 aliphatic rings. The Balaban J connectivity index is 1.43. The molecule has 0 radical (unpaired) electrons. The number of amides is 2. The SMILES string of the molecule is Cc1cc(C(=O)NCCC(=O)N2CCN(c3cccc(Cl)c3)CC2)c(C)o1. The highest BCUT2D eigenvalue weighted by atomic mass is 35.5. The van der Waals surface area contributed by atoms with Crippen LogP contribution in [-0.4, -0.2) is 49.4 Å². The number of halogens is 1. The Morgan fingerprint density at radius 3 is 2.52 bits per heavy atom. The number of nitrogens with zero attached hydrogens (tertiary/aromatic N) is 2. The molecule has 0 atom stereocenters. The Labute approximate surface area is 164 Å². The highest BCUT2D eigenvalue weighted by Gasteiger charge is 2.21.